The number of nitrogens with one attached hydrogen (secondary N) is 2. The Morgan fingerprint density at radius 2 is 2.00 bits per heavy atom. The molecule has 0 fully saturated rings. The Balaban J connectivity index is 3.05. The van der Waals surface area contributed by atoms with E-state index in [0.29, 0.717) is 27.5 Å². The summed E-state index contributed by atoms with van der Waals surface area (Å²) in [4.78, 5) is 23.9. The summed E-state index contributed by atoms with van der Waals surface area (Å²) in [6.45, 7) is 4.31. The highest BCUT2D eigenvalue weighted by molar-refractivity contribution is 7.18. The number of anilines is 1. The first-order valence-electron chi connectivity index (χ1n) is 5.42. The molecule has 2 amide bonds. The fourth-order valence-corrected chi connectivity index (χ4v) is 2.49. The van der Waals surface area contributed by atoms with Crippen LogP contribution in [0.2, 0.25) is 0 Å². The fraction of sp³-hybridized carbons (Fsp3) is 0.455. The molecular formula is C11H17N3O2S. The minimum absolute atomic E-state index is 0.214. The average Bonchev–Trinajstić information content (AvgIpc) is 2.61. The number of carbonyl (C=O) groups is 2. The van der Waals surface area contributed by atoms with E-state index in [-0.39, 0.29) is 11.8 Å². The standard InChI is InChI=1S/C11H17N3O2S/c1-4-5-14-10(15)7-6(2)8(11(16)13-3)17-9(7)12/h4-5,12H2,1-3H3,(H,13,16)(H,14,15). The van der Waals surface area contributed by atoms with Crippen molar-refractivity contribution in [2.75, 3.05) is 19.3 Å². The van der Waals surface area contributed by atoms with Gasteiger partial charge in [-0.2, -0.15) is 0 Å². The van der Waals surface area contributed by atoms with Gasteiger partial charge in [-0.3, -0.25) is 9.59 Å². The first-order valence-corrected chi connectivity index (χ1v) is 6.23. The van der Waals surface area contributed by atoms with Gasteiger partial charge in [-0.05, 0) is 18.9 Å². The SMILES string of the molecule is CCCNC(=O)c1c(N)sc(C(=O)NC)c1C. The molecule has 0 radical (unpaired) electrons. The van der Waals surface area contributed by atoms with Crippen LogP contribution in [0.15, 0.2) is 0 Å². The second-order valence-corrected chi connectivity index (χ2v) is 4.68. The van der Waals surface area contributed by atoms with Crippen LogP contribution in [-0.4, -0.2) is 25.4 Å². The average molecular weight is 255 g/mol. The summed E-state index contributed by atoms with van der Waals surface area (Å²) in [5.41, 5.74) is 6.84. The van der Waals surface area contributed by atoms with Gasteiger partial charge < -0.3 is 16.4 Å². The summed E-state index contributed by atoms with van der Waals surface area (Å²) >= 11 is 1.14. The van der Waals surface area contributed by atoms with Crippen molar-refractivity contribution in [3.63, 3.8) is 0 Å². The van der Waals surface area contributed by atoms with Crippen LogP contribution >= 0.6 is 11.3 Å². The van der Waals surface area contributed by atoms with Crippen LogP contribution in [0.1, 0.15) is 38.9 Å². The lowest BCUT2D eigenvalue weighted by Crippen LogP contribution is -2.25. The number of nitrogen functional groups attached to an aromatic ring is 1. The number of carbonyl (C=O) groups excluding carboxylic acids is 2. The maximum atomic E-state index is 11.9. The molecule has 1 aromatic heterocycles. The zero-order chi connectivity index (χ0) is 13.0. The first-order chi connectivity index (χ1) is 8.02. The van der Waals surface area contributed by atoms with Crippen molar-refractivity contribution in [3.8, 4) is 0 Å². The van der Waals surface area contributed by atoms with E-state index in [9.17, 15) is 9.59 Å². The van der Waals surface area contributed by atoms with Gasteiger partial charge in [0.15, 0.2) is 0 Å². The van der Waals surface area contributed by atoms with Crippen LogP contribution in [-0.2, 0) is 0 Å². The number of hydrogen-bond acceptors (Lipinski definition) is 4. The van der Waals surface area contributed by atoms with Crippen LogP contribution in [0.4, 0.5) is 5.00 Å². The number of rotatable bonds is 4. The predicted octanol–water partition coefficient (Wildman–Crippen LogP) is 1.14. The molecule has 1 aromatic rings. The van der Waals surface area contributed by atoms with Gasteiger partial charge in [0.05, 0.1) is 15.4 Å². The fourth-order valence-electron chi connectivity index (χ4n) is 1.48. The predicted molar refractivity (Wildman–Crippen MR) is 69.5 cm³/mol. The van der Waals surface area contributed by atoms with Crippen LogP contribution in [0.25, 0.3) is 0 Å². The molecule has 0 aromatic carbocycles. The second-order valence-electron chi connectivity index (χ2n) is 3.63. The summed E-state index contributed by atoms with van der Waals surface area (Å²) in [6, 6.07) is 0. The molecule has 0 saturated carbocycles. The van der Waals surface area contributed by atoms with Crippen LogP contribution in [0, 0.1) is 6.92 Å². The second kappa shape index (κ2) is 5.67. The molecule has 0 aliphatic rings. The zero-order valence-corrected chi connectivity index (χ0v) is 11.0. The van der Waals surface area contributed by atoms with Gasteiger partial charge in [0, 0.05) is 13.6 Å². The van der Waals surface area contributed by atoms with E-state index in [4.69, 9.17) is 5.73 Å². The molecule has 0 bridgehead atoms. The van der Waals surface area contributed by atoms with Gasteiger partial charge in [-0.15, -0.1) is 11.3 Å². The Labute approximate surface area is 104 Å². The quantitative estimate of drug-likeness (QED) is 0.754. The molecule has 94 valence electrons. The molecule has 0 aliphatic heterocycles. The van der Waals surface area contributed by atoms with Gasteiger partial charge in [-0.25, -0.2) is 0 Å². The van der Waals surface area contributed by atoms with E-state index in [0.717, 1.165) is 17.8 Å². The molecule has 5 nitrogen and oxygen atoms in total. The Morgan fingerprint density at radius 3 is 2.53 bits per heavy atom. The van der Waals surface area contributed by atoms with Crippen LogP contribution in [0.3, 0.4) is 0 Å². The molecule has 0 unspecified atom stereocenters. The topological polar surface area (TPSA) is 84.2 Å². The minimum atomic E-state index is -0.215. The molecular weight excluding hydrogens is 238 g/mol. The largest absolute Gasteiger partial charge is 0.390 e. The molecule has 0 spiro atoms. The zero-order valence-electron chi connectivity index (χ0n) is 10.2. The van der Waals surface area contributed by atoms with Gasteiger partial charge in [0.25, 0.3) is 11.8 Å². The van der Waals surface area contributed by atoms with E-state index < -0.39 is 0 Å². The summed E-state index contributed by atoms with van der Waals surface area (Å²) in [7, 11) is 1.55. The normalized spacial score (nSPS) is 10.1. The maximum absolute atomic E-state index is 11.9. The third-order valence-electron chi connectivity index (χ3n) is 2.37. The van der Waals surface area contributed by atoms with Crippen LogP contribution < -0.4 is 16.4 Å². The highest BCUT2D eigenvalue weighted by Gasteiger charge is 2.22. The number of amides is 2. The number of nitrogens with two attached hydrogens (primary N) is 1. The molecule has 1 heterocycles. The summed E-state index contributed by atoms with van der Waals surface area (Å²) in [6.07, 6.45) is 0.858. The van der Waals surface area contributed by atoms with Gasteiger partial charge in [0.2, 0.25) is 0 Å². The molecule has 0 atom stereocenters. The monoisotopic (exact) mass is 255 g/mol. The van der Waals surface area contributed by atoms with E-state index >= 15 is 0 Å². The van der Waals surface area contributed by atoms with Gasteiger partial charge in [0.1, 0.15) is 0 Å². The third-order valence-corrected chi connectivity index (χ3v) is 3.49. The highest BCUT2D eigenvalue weighted by atomic mass is 32.1. The van der Waals surface area contributed by atoms with Crippen molar-refractivity contribution in [1.29, 1.82) is 0 Å². The Morgan fingerprint density at radius 1 is 1.35 bits per heavy atom. The smallest absolute Gasteiger partial charge is 0.261 e. The van der Waals surface area contributed by atoms with Crippen LogP contribution in [0.5, 0.6) is 0 Å². The van der Waals surface area contributed by atoms with Crippen molar-refractivity contribution < 1.29 is 9.59 Å². The molecule has 6 heteroatoms. The summed E-state index contributed by atoms with van der Waals surface area (Å²) in [5, 5.41) is 5.67. The van der Waals surface area contributed by atoms with Crippen molar-refractivity contribution in [2.45, 2.75) is 20.3 Å². The summed E-state index contributed by atoms with van der Waals surface area (Å²) in [5.74, 6) is -0.429. The van der Waals surface area contributed by atoms with Gasteiger partial charge >= 0.3 is 0 Å². The lowest BCUT2D eigenvalue weighted by atomic mass is 10.1. The van der Waals surface area contributed by atoms with E-state index in [1.807, 2.05) is 6.92 Å². The highest BCUT2D eigenvalue weighted by Crippen LogP contribution is 2.30. The minimum Gasteiger partial charge on any atom is -0.390 e. The number of hydrogen-bond donors (Lipinski definition) is 3. The van der Waals surface area contributed by atoms with E-state index in [2.05, 4.69) is 10.6 Å². The van der Waals surface area contributed by atoms with E-state index in [1.165, 1.54) is 0 Å². The first kappa shape index (κ1) is 13.5. The van der Waals surface area contributed by atoms with Crippen molar-refractivity contribution in [3.05, 3.63) is 16.0 Å². The van der Waals surface area contributed by atoms with Gasteiger partial charge in [-0.1, -0.05) is 6.92 Å². The molecule has 0 saturated heterocycles. The molecule has 17 heavy (non-hydrogen) atoms. The lowest BCUT2D eigenvalue weighted by Gasteiger charge is -2.04. The van der Waals surface area contributed by atoms with Crippen molar-refractivity contribution in [1.82, 2.24) is 10.6 Å². The Bertz CT molecular complexity index is 440. The Kier molecular flexibility index (Phi) is 4.51. The molecule has 1 rings (SSSR count). The summed E-state index contributed by atoms with van der Waals surface area (Å²) < 4.78 is 0. The lowest BCUT2D eigenvalue weighted by molar-refractivity contribution is 0.0954. The molecule has 0 aliphatic carbocycles. The third kappa shape index (κ3) is 2.76. The van der Waals surface area contributed by atoms with Crippen molar-refractivity contribution >= 4 is 28.2 Å². The molecule has 4 N–H and O–H groups in total. The maximum Gasteiger partial charge on any atom is 0.261 e. The number of thiophene rings is 1. The Hall–Kier alpha value is -1.56. The van der Waals surface area contributed by atoms with E-state index in [1.54, 1.807) is 14.0 Å². The van der Waals surface area contributed by atoms with Crippen molar-refractivity contribution in [2.24, 2.45) is 0 Å².